The standard InChI is InChI=1S/C26H27N3O/c1-29-12-10-19(11-13-29)22-9-8-20(15-25(22)30-2)21-14-23-24(17-28-26(23)27-16-21)18-6-4-3-5-7-18/h3-9,14-17,19H,10-13H2,1-2H3,(H,27,28). The third kappa shape index (κ3) is 3.48. The largest absolute Gasteiger partial charge is 0.496 e. The number of piperidine rings is 1. The Morgan fingerprint density at radius 1 is 0.967 bits per heavy atom. The van der Waals surface area contributed by atoms with Gasteiger partial charge in [0.2, 0.25) is 0 Å². The second-order valence-electron chi connectivity index (χ2n) is 8.22. The molecule has 152 valence electrons. The third-order valence-corrected chi connectivity index (χ3v) is 6.34. The van der Waals surface area contributed by atoms with Gasteiger partial charge in [-0.3, -0.25) is 0 Å². The number of likely N-dealkylation sites (tertiary alicyclic amines) is 1. The molecule has 2 aromatic heterocycles. The van der Waals surface area contributed by atoms with Crippen molar-refractivity contribution in [2.75, 3.05) is 27.2 Å². The first kappa shape index (κ1) is 18.9. The normalized spacial score (nSPS) is 15.5. The topological polar surface area (TPSA) is 41.1 Å². The second kappa shape index (κ2) is 7.96. The third-order valence-electron chi connectivity index (χ3n) is 6.34. The lowest BCUT2D eigenvalue weighted by Gasteiger charge is -2.30. The zero-order valence-corrected chi connectivity index (χ0v) is 17.6. The minimum absolute atomic E-state index is 0.570. The van der Waals surface area contributed by atoms with Gasteiger partial charge in [-0.2, -0.15) is 0 Å². The fourth-order valence-electron chi connectivity index (χ4n) is 4.57. The summed E-state index contributed by atoms with van der Waals surface area (Å²) >= 11 is 0. The zero-order valence-electron chi connectivity index (χ0n) is 17.6. The van der Waals surface area contributed by atoms with E-state index in [9.17, 15) is 0 Å². The number of hydrogen-bond donors (Lipinski definition) is 1. The van der Waals surface area contributed by atoms with Gasteiger partial charge in [-0.05, 0) is 67.7 Å². The van der Waals surface area contributed by atoms with Gasteiger partial charge in [-0.25, -0.2) is 4.98 Å². The minimum atomic E-state index is 0.570. The molecular weight excluding hydrogens is 370 g/mol. The van der Waals surface area contributed by atoms with Crippen LogP contribution in [0.25, 0.3) is 33.3 Å². The lowest BCUT2D eigenvalue weighted by molar-refractivity contribution is 0.252. The number of hydrogen-bond acceptors (Lipinski definition) is 3. The maximum atomic E-state index is 5.81. The molecule has 1 aliphatic heterocycles. The van der Waals surface area contributed by atoms with Gasteiger partial charge in [0.05, 0.1) is 7.11 Å². The number of aromatic amines is 1. The summed E-state index contributed by atoms with van der Waals surface area (Å²) < 4.78 is 5.81. The summed E-state index contributed by atoms with van der Waals surface area (Å²) in [6, 6.07) is 19.3. The van der Waals surface area contributed by atoms with Crippen LogP contribution in [0.1, 0.15) is 24.3 Å². The second-order valence-corrected chi connectivity index (χ2v) is 8.22. The van der Waals surface area contributed by atoms with E-state index in [2.05, 4.69) is 70.4 Å². The Morgan fingerprint density at radius 3 is 2.53 bits per heavy atom. The number of H-pyrrole nitrogens is 1. The number of fused-ring (bicyclic) bond motifs is 1. The van der Waals surface area contributed by atoms with Crippen molar-refractivity contribution >= 4 is 11.0 Å². The number of pyridine rings is 1. The maximum absolute atomic E-state index is 5.81. The highest BCUT2D eigenvalue weighted by molar-refractivity contribution is 5.95. The van der Waals surface area contributed by atoms with E-state index in [1.165, 1.54) is 29.5 Å². The molecule has 5 rings (SSSR count). The number of rotatable bonds is 4. The molecule has 0 radical (unpaired) electrons. The van der Waals surface area contributed by atoms with Gasteiger partial charge >= 0.3 is 0 Å². The van der Waals surface area contributed by atoms with E-state index in [1.54, 1.807) is 7.11 Å². The van der Waals surface area contributed by atoms with E-state index in [4.69, 9.17) is 4.74 Å². The van der Waals surface area contributed by atoms with Gasteiger partial charge in [-0.1, -0.05) is 42.5 Å². The molecule has 1 aliphatic rings. The number of benzene rings is 2. The first-order valence-electron chi connectivity index (χ1n) is 10.6. The molecule has 4 nitrogen and oxygen atoms in total. The average Bonchev–Trinajstić information content (AvgIpc) is 3.23. The molecule has 0 spiro atoms. The summed E-state index contributed by atoms with van der Waals surface area (Å²) in [4.78, 5) is 10.4. The Morgan fingerprint density at radius 2 is 1.77 bits per heavy atom. The summed E-state index contributed by atoms with van der Waals surface area (Å²) in [5, 5.41) is 1.14. The van der Waals surface area contributed by atoms with Gasteiger partial charge in [0.25, 0.3) is 0 Å². The van der Waals surface area contributed by atoms with E-state index in [1.807, 2.05) is 18.5 Å². The zero-order chi connectivity index (χ0) is 20.5. The maximum Gasteiger partial charge on any atom is 0.137 e. The van der Waals surface area contributed by atoms with E-state index in [0.717, 1.165) is 41.0 Å². The molecule has 0 aliphatic carbocycles. The van der Waals surface area contributed by atoms with Crippen molar-refractivity contribution in [1.29, 1.82) is 0 Å². The van der Waals surface area contributed by atoms with Crippen LogP contribution in [0.5, 0.6) is 5.75 Å². The smallest absolute Gasteiger partial charge is 0.137 e. The fourth-order valence-corrected chi connectivity index (χ4v) is 4.57. The van der Waals surface area contributed by atoms with Crippen molar-refractivity contribution in [3.63, 3.8) is 0 Å². The van der Waals surface area contributed by atoms with Gasteiger partial charge in [-0.15, -0.1) is 0 Å². The highest BCUT2D eigenvalue weighted by Crippen LogP contribution is 2.37. The van der Waals surface area contributed by atoms with Gasteiger partial charge in [0.1, 0.15) is 11.4 Å². The van der Waals surface area contributed by atoms with Crippen molar-refractivity contribution in [2.24, 2.45) is 0 Å². The fraction of sp³-hybridized carbons (Fsp3) is 0.269. The Balaban J connectivity index is 1.52. The van der Waals surface area contributed by atoms with Gasteiger partial charge in [0, 0.05) is 28.9 Å². The monoisotopic (exact) mass is 397 g/mol. The quantitative estimate of drug-likeness (QED) is 0.479. The predicted octanol–water partition coefficient (Wildman–Crippen LogP) is 5.71. The molecule has 1 fully saturated rings. The highest BCUT2D eigenvalue weighted by atomic mass is 16.5. The van der Waals surface area contributed by atoms with Gasteiger partial charge in [0.15, 0.2) is 0 Å². The number of ether oxygens (including phenoxy) is 1. The van der Waals surface area contributed by atoms with Crippen molar-refractivity contribution in [3.8, 4) is 28.0 Å². The van der Waals surface area contributed by atoms with Crippen LogP contribution in [0.2, 0.25) is 0 Å². The van der Waals surface area contributed by atoms with Crippen LogP contribution in [0, 0.1) is 0 Å². The molecule has 1 N–H and O–H groups in total. The molecule has 0 unspecified atom stereocenters. The lowest BCUT2D eigenvalue weighted by Crippen LogP contribution is -2.29. The Kier molecular flexibility index (Phi) is 5.01. The summed E-state index contributed by atoms with van der Waals surface area (Å²) in [6.07, 6.45) is 6.35. The Bertz CT molecular complexity index is 1160. The molecular formula is C26H27N3O. The molecule has 0 amide bonds. The summed E-state index contributed by atoms with van der Waals surface area (Å²) in [7, 11) is 3.98. The van der Waals surface area contributed by atoms with E-state index in [0.29, 0.717) is 5.92 Å². The van der Waals surface area contributed by atoms with Crippen LogP contribution < -0.4 is 4.74 Å². The van der Waals surface area contributed by atoms with Crippen molar-refractivity contribution in [3.05, 3.63) is 72.6 Å². The molecule has 1 saturated heterocycles. The first-order valence-corrected chi connectivity index (χ1v) is 10.6. The summed E-state index contributed by atoms with van der Waals surface area (Å²) in [6.45, 7) is 2.29. The van der Waals surface area contributed by atoms with Crippen LogP contribution >= 0.6 is 0 Å². The first-order chi connectivity index (χ1) is 14.7. The van der Waals surface area contributed by atoms with E-state index < -0.39 is 0 Å². The van der Waals surface area contributed by atoms with Crippen LogP contribution in [0.15, 0.2) is 67.0 Å². The molecule has 3 heterocycles. The van der Waals surface area contributed by atoms with Crippen molar-refractivity contribution in [1.82, 2.24) is 14.9 Å². The number of aromatic nitrogens is 2. The number of nitrogens with zero attached hydrogens (tertiary/aromatic N) is 2. The summed E-state index contributed by atoms with van der Waals surface area (Å²) in [5.41, 5.74) is 6.85. The van der Waals surface area contributed by atoms with Crippen molar-refractivity contribution in [2.45, 2.75) is 18.8 Å². The van der Waals surface area contributed by atoms with Crippen LogP contribution in [0.4, 0.5) is 0 Å². The highest BCUT2D eigenvalue weighted by Gasteiger charge is 2.22. The predicted molar refractivity (Wildman–Crippen MR) is 123 cm³/mol. The number of methoxy groups -OCH3 is 1. The minimum Gasteiger partial charge on any atom is -0.496 e. The molecule has 0 atom stereocenters. The van der Waals surface area contributed by atoms with Crippen LogP contribution in [-0.4, -0.2) is 42.1 Å². The molecule has 2 aromatic carbocycles. The van der Waals surface area contributed by atoms with E-state index in [-0.39, 0.29) is 0 Å². The van der Waals surface area contributed by atoms with Crippen molar-refractivity contribution < 1.29 is 4.74 Å². The molecule has 30 heavy (non-hydrogen) atoms. The molecule has 4 aromatic rings. The Hall–Kier alpha value is -3.11. The summed E-state index contributed by atoms with van der Waals surface area (Å²) in [5.74, 6) is 1.56. The van der Waals surface area contributed by atoms with Crippen LogP contribution in [0.3, 0.4) is 0 Å². The number of nitrogens with one attached hydrogen (secondary N) is 1. The average molecular weight is 398 g/mol. The van der Waals surface area contributed by atoms with Crippen LogP contribution in [-0.2, 0) is 0 Å². The van der Waals surface area contributed by atoms with Gasteiger partial charge < -0.3 is 14.6 Å². The Labute approximate surface area is 177 Å². The SMILES string of the molecule is COc1cc(-c2cnc3[nH]cc(-c4ccccc4)c3c2)ccc1C1CCN(C)CC1. The lowest BCUT2D eigenvalue weighted by atomic mass is 9.88. The van der Waals surface area contributed by atoms with E-state index >= 15 is 0 Å². The molecule has 4 heteroatoms. The molecule has 0 bridgehead atoms. The molecule has 0 saturated carbocycles.